The zero-order chi connectivity index (χ0) is 18.4. The molecule has 1 amide bonds. The van der Waals surface area contributed by atoms with Crippen molar-refractivity contribution in [2.24, 2.45) is 0 Å². The van der Waals surface area contributed by atoms with Gasteiger partial charge < -0.3 is 10.1 Å². The third kappa shape index (κ3) is 4.37. The van der Waals surface area contributed by atoms with E-state index < -0.39 is 10.8 Å². The van der Waals surface area contributed by atoms with Gasteiger partial charge in [0.2, 0.25) is 0 Å². The summed E-state index contributed by atoms with van der Waals surface area (Å²) >= 11 is 0. The van der Waals surface area contributed by atoms with E-state index in [1.165, 1.54) is 0 Å². The Labute approximate surface area is 155 Å². The number of carbonyl (C=O) groups excluding carboxylic acids is 1. The molecule has 3 aromatic carbocycles. The van der Waals surface area contributed by atoms with Crippen LogP contribution in [0.2, 0.25) is 0 Å². The Morgan fingerprint density at radius 3 is 2.38 bits per heavy atom. The Kier molecular flexibility index (Phi) is 5.81. The van der Waals surface area contributed by atoms with Gasteiger partial charge in [0, 0.05) is 17.5 Å². The maximum absolute atomic E-state index is 12.6. The van der Waals surface area contributed by atoms with Gasteiger partial charge in [-0.3, -0.25) is 9.00 Å². The van der Waals surface area contributed by atoms with Gasteiger partial charge in [-0.25, -0.2) is 0 Å². The second kappa shape index (κ2) is 8.45. The number of hydrogen-bond donors (Lipinski definition) is 1. The minimum Gasteiger partial charge on any atom is -0.457 e. The quantitative estimate of drug-likeness (QED) is 0.679. The SMILES string of the molecule is CCS(=O)c1ccccc1C(=O)Nc1cccc(Oc2ccccc2)c1. The number of para-hydroxylation sites is 1. The predicted octanol–water partition coefficient (Wildman–Crippen LogP) is 4.86. The topological polar surface area (TPSA) is 55.4 Å². The van der Waals surface area contributed by atoms with Crippen molar-refractivity contribution < 1.29 is 13.7 Å². The van der Waals surface area contributed by atoms with Crippen LogP contribution in [0.3, 0.4) is 0 Å². The Bertz CT molecular complexity index is 925. The van der Waals surface area contributed by atoms with Crippen LogP contribution in [0.15, 0.2) is 83.8 Å². The Hall–Kier alpha value is -2.92. The van der Waals surface area contributed by atoms with Gasteiger partial charge in [-0.2, -0.15) is 0 Å². The Balaban J connectivity index is 1.78. The molecule has 0 bridgehead atoms. The fourth-order valence-electron chi connectivity index (χ4n) is 2.47. The molecule has 3 rings (SSSR count). The molecule has 1 atom stereocenters. The summed E-state index contributed by atoms with van der Waals surface area (Å²) in [6, 6.07) is 23.6. The van der Waals surface area contributed by atoms with Crippen molar-refractivity contribution in [2.45, 2.75) is 11.8 Å². The maximum atomic E-state index is 12.6. The molecule has 4 nitrogen and oxygen atoms in total. The first-order chi connectivity index (χ1) is 12.7. The fraction of sp³-hybridized carbons (Fsp3) is 0.0952. The molecule has 0 saturated heterocycles. The van der Waals surface area contributed by atoms with Gasteiger partial charge in [-0.15, -0.1) is 0 Å². The lowest BCUT2D eigenvalue weighted by Gasteiger charge is -2.11. The van der Waals surface area contributed by atoms with Crippen molar-refractivity contribution in [3.63, 3.8) is 0 Å². The van der Waals surface area contributed by atoms with Gasteiger partial charge in [-0.05, 0) is 36.4 Å². The second-order valence-corrected chi connectivity index (χ2v) is 7.24. The molecule has 1 unspecified atom stereocenters. The third-order valence-electron chi connectivity index (χ3n) is 3.71. The fourth-order valence-corrected chi connectivity index (χ4v) is 3.42. The highest BCUT2D eigenvalue weighted by Crippen LogP contribution is 2.24. The molecule has 0 aliphatic rings. The molecule has 0 aliphatic heterocycles. The minimum atomic E-state index is -1.20. The molecule has 0 heterocycles. The molecule has 0 saturated carbocycles. The molecule has 0 aromatic heterocycles. The summed E-state index contributed by atoms with van der Waals surface area (Å²) < 4.78 is 17.9. The average molecular weight is 365 g/mol. The smallest absolute Gasteiger partial charge is 0.256 e. The van der Waals surface area contributed by atoms with Crippen LogP contribution >= 0.6 is 0 Å². The zero-order valence-electron chi connectivity index (χ0n) is 14.3. The van der Waals surface area contributed by atoms with Crippen LogP contribution in [-0.2, 0) is 10.8 Å². The normalized spacial score (nSPS) is 11.6. The maximum Gasteiger partial charge on any atom is 0.256 e. The summed E-state index contributed by atoms with van der Waals surface area (Å²) in [4.78, 5) is 13.2. The highest BCUT2D eigenvalue weighted by molar-refractivity contribution is 7.85. The van der Waals surface area contributed by atoms with Crippen LogP contribution in [0.1, 0.15) is 17.3 Å². The van der Waals surface area contributed by atoms with Crippen molar-refractivity contribution in [1.29, 1.82) is 0 Å². The molecule has 0 aliphatic carbocycles. The van der Waals surface area contributed by atoms with Crippen molar-refractivity contribution in [3.05, 3.63) is 84.4 Å². The van der Waals surface area contributed by atoms with Crippen molar-refractivity contribution in [1.82, 2.24) is 0 Å². The first kappa shape index (κ1) is 17.9. The minimum absolute atomic E-state index is 0.292. The van der Waals surface area contributed by atoms with Gasteiger partial charge in [0.15, 0.2) is 0 Å². The number of nitrogens with one attached hydrogen (secondary N) is 1. The van der Waals surface area contributed by atoms with Crippen molar-refractivity contribution in [3.8, 4) is 11.5 Å². The van der Waals surface area contributed by atoms with E-state index in [0.717, 1.165) is 5.75 Å². The van der Waals surface area contributed by atoms with Gasteiger partial charge in [0.1, 0.15) is 11.5 Å². The molecule has 0 radical (unpaired) electrons. The number of benzene rings is 3. The van der Waals surface area contributed by atoms with E-state index in [-0.39, 0.29) is 5.91 Å². The van der Waals surface area contributed by atoms with E-state index >= 15 is 0 Å². The van der Waals surface area contributed by atoms with E-state index in [1.54, 1.807) is 36.4 Å². The summed E-state index contributed by atoms with van der Waals surface area (Å²) in [5.41, 5.74) is 1.03. The molecule has 132 valence electrons. The predicted molar refractivity (Wildman–Crippen MR) is 104 cm³/mol. The van der Waals surface area contributed by atoms with E-state index in [9.17, 15) is 9.00 Å². The highest BCUT2D eigenvalue weighted by atomic mass is 32.2. The molecule has 3 aromatic rings. The number of anilines is 1. The van der Waals surface area contributed by atoms with Crippen LogP contribution in [-0.4, -0.2) is 15.9 Å². The standard InChI is InChI=1S/C21H19NO3S/c1-2-26(24)20-14-7-6-13-19(20)21(23)22-16-9-8-12-18(15-16)25-17-10-4-3-5-11-17/h3-15H,2H2,1H3,(H,22,23). The van der Waals surface area contributed by atoms with Gasteiger partial charge in [0.25, 0.3) is 5.91 Å². The number of carbonyl (C=O) groups is 1. The van der Waals surface area contributed by atoms with Crippen LogP contribution in [0.4, 0.5) is 5.69 Å². The summed E-state index contributed by atoms with van der Waals surface area (Å²) in [7, 11) is -1.20. The van der Waals surface area contributed by atoms with Gasteiger partial charge >= 0.3 is 0 Å². The van der Waals surface area contributed by atoms with Crippen molar-refractivity contribution in [2.75, 3.05) is 11.1 Å². The Morgan fingerprint density at radius 1 is 0.923 bits per heavy atom. The lowest BCUT2D eigenvalue weighted by Crippen LogP contribution is -2.15. The van der Waals surface area contributed by atoms with E-state index in [2.05, 4.69) is 5.32 Å². The number of amides is 1. The molecule has 1 N–H and O–H groups in total. The summed E-state index contributed by atoms with van der Waals surface area (Å²) in [5, 5.41) is 2.85. The Morgan fingerprint density at radius 2 is 1.62 bits per heavy atom. The molecule has 26 heavy (non-hydrogen) atoms. The number of rotatable bonds is 6. The van der Waals surface area contributed by atoms with E-state index in [1.807, 2.05) is 49.4 Å². The summed E-state index contributed by atoms with van der Waals surface area (Å²) in [6.07, 6.45) is 0. The monoisotopic (exact) mass is 365 g/mol. The molecule has 0 spiro atoms. The van der Waals surface area contributed by atoms with Gasteiger partial charge in [0.05, 0.1) is 21.3 Å². The van der Waals surface area contributed by atoms with Crippen molar-refractivity contribution >= 4 is 22.4 Å². The second-order valence-electron chi connectivity index (χ2n) is 5.53. The summed E-state index contributed by atoms with van der Waals surface area (Å²) in [5.74, 6) is 1.52. The third-order valence-corrected chi connectivity index (χ3v) is 5.08. The van der Waals surface area contributed by atoms with Crippen LogP contribution in [0, 0.1) is 0 Å². The first-order valence-corrected chi connectivity index (χ1v) is 9.61. The van der Waals surface area contributed by atoms with Gasteiger partial charge in [-0.1, -0.05) is 43.3 Å². The highest BCUT2D eigenvalue weighted by Gasteiger charge is 2.15. The molecule has 5 heteroatoms. The van der Waals surface area contributed by atoms with E-state index in [4.69, 9.17) is 4.74 Å². The van der Waals surface area contributed by atoms with Crippen LogP contribution in [0.5, 0.6) is 11.5 Å². The lowest BCUT2D eigenvalue weighted by atomic mass is 10.2. The zero-order valence-corrected chi connectivity index (χ0v) is 15.2. The largest absolute Gasteiger partial charge is 0.457 e. The first-order valence-electron chi connectivity index (χ1n) is 8.29. The molecule has 0 fully saturated rings. The van der Waals surface area contributed by atoms with Crippen LogP contribution < -0.4 is 10.1 Å². The summed E-state index contributed by atoms with van der Waals surface area (Å²) in [6.45, 7) is 1.83. The average Bonchev–Trinajstić information content (AvgIpc) is 2.68. The van der Waals surface area contributed by atoms with Crippen LogP contribution in [0.25, 0.3) is 0 Å². The lowest BCUT2D eigenvalue weighted by molar-refractivity contribution is 0.102. The number of hydrogen-bond acceptors (Lipinski definition) is 3. The van der Waals surface area contributed by atoms with E-state index in [0.29, 0.717) is 27.6 Å². The molecular weight excluding hydrogens is 346 g/mol. The molecular formula is C21H19NO3S. The number of ether oxygens (including phenoxy) is 1.